The molecule has 0 atom stereocenters. The Kier molecular flexibility index (Phi) is 5.14. The first-order valence-electron chi connectivity index (χ1n) is 6.32. The number of aliphatic hydroxyl groups is 1. The van der Waals surface area contributed by atoms with Gasteiger partial charge in [0.15, 0.2) is 0 Å². The van der Waals surface area contributed by atoms with Crippen LogP contribution in [0.15, 0.2) is 18.2 Å². The zero-order chi connectivity index (χ0) is 14.5. The number of aryl methyl sites for hydroxylation is 1. The third kappa shape index (κ3) is 5.15. The Morgan fingerprint density at radius 2 is 2.05 bits per heavy atom. The lowest BCUT2D eigenvalue weighted by Gasteiger charge is -2.19. The van der Waals surface area contributed by atoms with Crippen LogP contribution in [0.3, 0.4) is 0 Å². The molecule has 3 heteroatoms. The maximum atomic E-state index is 12.1. The highest BCUT2D eigenvalue weighted by atomic mass is 16.2. The first-order valence-corrected chi connectivity index (χ1v) is 6.32. The van der Waals surface area contributed by atoms with Crippen LogP contribution in [-0.2, 0) is 0 Å². The van der Waals surface area contributed by atoms with Gasteiger partial charge in [-0.2, -0.15) is 0 Å². The molecule has 0 spiro atoms. The SMILES string of the molecule is Cc1ccc(C#CCO)cc1C(=O)NCC(C)(C)C. The van der Waals surface area contributed by atoms with Gasteiger partial charge in [0.2, 0.25) is 0 Å². The highest BCUT2D eigenvalue weighted by Gasteiger charge is 2.14. The van der Waals surface area contributed by atoms with Crippen LogP contribution in [0.5, 0.6) is 0 Å². The van der Waals surface area contributed by atoms with Crippen LogP contribution in [-0.4, -0.2) is 24.2 Å². The van der Waals surface area contributed by atoms with Crippen molar-refractivity contribution in [2.45, 2.75) is 27.7 Å². The van der Waals surface area contributed by atoms with E-state index in [9.17, 15) is 4.79 Å². The van der Waals surface area contributed by atoms with E-state index in [4.69, 9.17) is 5.11 Å². The van der Waals surface area contributed by atoms with Gasteiger partial charge in [0.05, 0.1) is 0 Å². The molecule has 1 rings (SSSR count). The van der Waals surface area contributed by atoms with E-state index in [-0.39, 0.29) is 17.9 Å². The van der Waals surface area contributed by atoms with Crippen molar-refractivity contribution in [3.05, 3.63) is 34.9 Å². The molecule has 0 radical (unpaired) electrons. The Labute approximate surface area is 115 Å². The molecular formula is C16H21NO2. The monoisotopic (exact) mass is 259 g/mol. The van der Waals surface area contributed by atoms with E-state index in [1.807, 2.05) is 19.1 Å². The van der Waals surface area contributed by atoms with Crippen molar-refractivity contribution in [1.29, 1.82) is 0 Å². The molecule has 0 bridgehead atoms. The number of carbonyl (C=O) groups excluding carboxylic acids is 1. The number of amides is 1. The quantitative estimate of drug-likeness (QED) is 0.799. The van der Waals surface area contributed by atoms with E-state index in [1.165, 1.54) is 0 Å². The highest BCUT2D eigenvalue weighted by molar-refractivity contribution is 5.96. The summed E-state index contributed by atoms with van der Waals surface area (Å²) < 4.78 is 0. The molecule has 0 saturated heterocycles. The van der Waals surface area contributed by atoms with E-state index in [0.29, 0.717) is 12.1 Å². The Bertz CT molecular complexity index is 516. The normalized spacial score (nSPS) is 10.6. The number of rotatable bonds is 2. The molecule has 0 unspecified atom stereocenters. The molecule has 0 heterocycles. The number of aliphatic hydroxyl groups excluding tert-OH is 1. The minimum absolute atomic E-state index is 0.0534. The summed E-state index contributed by atoms with van der Waals surface area (Å²) >= 11 is 0. The molecule has 3 nitrogen and oxygen atoms in total. The van der Waals surface area contributed by atoms with Crippen LogP contribution in [0.25, 0.3) is 0 Å². The summed E-state index contributed by atoms with van der Waals surface area (Å²) in [5.41, 5.74) is 2.34. The molecule has 0 fully saturated rings. The lowest BCUT2D eigenvalue weighted by Crippen LogP contribution is -2.32. The van der Waals surface area contributed by atoms with Gasteiger partial charge in [0, 0.05) is 17.7 Å². The third-order valence-corrected chi connectivity index (χ3v) is 2.57. The molecule has 0 aliphatic rings. The van der Waals surface area contributed by atoms with Crippen LogP contribution in [0, 0.1) is 24.2 Å². The first kappa shape index (κ1) is 15.3. The zero-order valence-electron chi connectivity index (χ0n) is 12.0. The predicted octanol–water partition coefficient (Wildman–Crippen LogP) is 2.11. The summed E-state index contributed by atoms with van der Waals surface area (Å²) in [5, 5.41) is 11.6. The van der Waals surface area contributed by atoms with Gasteiger partial charge in [-0.1, -0.05) is 38.7 Å². The number of nitrogens with one attached hydrogen (secondary N) is 1. The van der Waals surface area contributed by atoms with Gasteiger partial charge < -0.3 is 10.4 Å². The molecule has 2 N–H and O–H groups in total. The van der Waals surface area contributed by atoms with Gasteiger partial charge >= 0.3 is 0 Å². The lowest BCUT2D eigenvalue weighted by atomic mass is 9.96. The third-order valence-electron chi connectivity index (χ3n) is 2.57. The topological polar surface area (TPSA) is 49.3 Å². The fraction of sp³-hybridized carbons (Fsp3) is 0.438. The lowest BCUT2D eigenvalue weighted by molar-refractivity contribution is 0.0938. The van der Waals surface area contributed by atoms with Gasteiger partial charge in [-0.25, -0.2) is 0 Å². The Morgan fingerprint density at radius 3 is 2.63 bits per heavy atom. The second-order valence-corrected chi connectivity index (χ2v) is 5.73. The molecular weight excluding hydrogens is 238 g/mol. The summed E-state index contributed by atoms with van der Waals surface area (Å²) in [6.07, 6.45) is 0. The van der Waals surface area contributed by atoms with E-state index in [0.717, 1.165) is 11.1 Å². The number of hydrogen-bond donors (Lipinski definition) is 2. The van der Waals surface area contributed by atoms with Crippen molar-refractivity contribution in [3.8, 4) is 11.8 Å². The van der Waals surface area contributed by atoms with Gasteiger partial charge in [-0.15, -0.1) is 0 Å². The average molecular weight is 259 g/mol. The average Bonchev–Trinajstić information content (AvgIpc) is 2.34. The fourth-order valence-electron chi connectivity index (χ4n) is 1.53. The standard InChI is InChI=1S/C16H21NO2/c1-12-7-8-13(6-5-9-18)10-14(12)15(19)17-11-16(2,3)4/h7-8,10,18H,9,11H2,1-4H3,(H,17,19). The summed E-state index contributed by atoms with van der Waals surface area (Å²) in [4.78, 5) is 12.1. The maximum Gasteiger partial charge on any atom is 0.251 e. The predicted molar refractivity (Wildman–Crippen MR) is 76.9 cm³/mol. The maximum absolute atomic E-state index is 12.1. The minimum atomic E-state index is -0.181. The summed E-state index contributed by atoms with van der Waals surface area (Å²) in [6.45, 7) is 8.56. The van der Waals surface area contributed by atoms with Crippen molar-refractivity contribution in [2.75, 3.05) is 13.2 Å². The van der Waals surface area contributed by atoms with Crippen LogP contribution in [0.4, 0.5) is 0 Å². The van der Waals surface area contributed by atoms with E-state index >= 15 is 0 Å². The number of benzene rings is 1. The van der Waals surface area contributed by atoms with Gasteiger partial charge in [-0.05, 0) is 30.0 Å². The van der Waals surface area contributed by atoms with Crippen LogP contribution in [0.2, 0.25) is 0 Å². The van der Waals surface area contributed by atoms with Crippen molar-refractivity contribution >= 4 is 5.91 Å². The summed E-state index contributed by atoms with van der Waals surface area (Å²) in [6, 6.07) is 5.47. The second-order valence-electron chi connectivity index (χ2n) is 5.73. The zero-order valence-corrected chi connectivity index (χ0v) is 12.0. The molecule has 0 aliphatic carbocycles. The molecule has 0 saturated carbocycles. The first-order chi connectivity index (χ1) is 8.83. The van der Waals surface area contributed by atoms with Crippen LogP contribution >= 0.6 is 0 Å². The second kappa shape index (κ2) is 6.40. The van der Waals surface area contributed by atoms with Gasteiger partial charge in [-0.3, -0.25) is 4.79 Å². The summed E-state index contributed by atoms with van der Waals surface area (Å²) in [7, 11) is 0. The van der Waals surface area contributed by atoms with E-state index in [1.54, 1.807) is 6.07 Å². The summed E-state index contributed by atoms with van der Waals surface area (Å²) in [5.74, 6) is 5.31. The molecule has 1 aromatic carbocycles. The Hall–Kier alpha value is -1.79. The molecule has 0 aliphatic heterocycles. The van der Waals surface area contributed by atoms with Crippen molar-refractivity contribution < 1.29 is 9.90 Å². The van der Waals surface area contributed by atoms with Crippen molar-refractivity contribution in [2.24, 2.45) is 5.41 Å². The van der Waals surface area contributed by atoms with E-state index in [2.05, 4.69) is 37.9 Å². The van der Waals surface area contributed by atoms with Crippen LogP contribution in [0.1, 0.15) is 42.3 Å². The van der Waals surface area contributed by atoms with Crippen LogP contribution < -0.4 is 5.32 Å². The Morgan fingerprint density at radius 1 is 1.37 bits per heavy atom. The molecule has 102 valence electrons. The van der Waals surface area contributed by atoms with Gasteiger partial charge in [0.25, 0.3) is 5.91 Å². The van der Waals surface area contributed by atoms with Crippen molar-refractivity contribution in [3.63, 3.8) is 0 Å². The van der Waals surface area contributed by atoms with Gasteiger partial charge in [0.1, 0.15) is 6.61 Å². The van der Waals surface area contributed by atoms with E-state index < -0.39 is 0 Å². The highest BCUT2D eigenvalue weighted by Crippen LogP contribution is 2.13. The number of hydrogen-bond acceptors (Lipinski definition) is 2. The molecule has 1 aromatic rings. The molecule has 1 amide bonds. The fourth-order valence-corrected chi connectivity index (χ4v) is 1.53. The smallest absolute Gasteiger partial charge is 0.251 e. The Balaban J connectivity index is 2.89. The minimum Gasteiger partial charge on any atom is -0.384 e. The number of carbonyl (C=O) groups is 1. The molecule has 0 aromatic heterocycles. The largest absolute Gasteiger partial charge is 0.384 e. The van der Waals surface area contributed by atoms with Crippen molar-refractivity contribution in [1.82, 2.24) is 5.32 Å². The molecule has 19 heavy (non-hydrogen) atoms.